The Labute approximate surface area is 148 Å². The molecule has 0 radical (unpaired) electrons. The van der Waals surface area contributed by atoms with Crippen LogP contribution in [0.3, 0.4) is 0 Å². The van der Waals surface area contributed by atoms with Gasteiger partial charge in [-0.15, -0.1) is 9.24 Å². The highest BCUT2D eigenvalue weighted by Gasteiger charge is 2.17. The van der Waals surface area contributed by atoms with Crippen molar-refractivity contribution >= 4 is 16.0 Å². The van der Waals surface area contributed by atoms with Gasteiger partial charge in [-0.05, 0) is 61.2 Å². The van der Waals surface area contributed by atoms with Crippen LogP contribution < -0.4 is 4.74 Å². The van der Waals surface area contributed by atoms with Gasteiger partial charge in [-0.25, -0.2) is 0 Å². The van der Waals surface area contributed by atoms with Crippen LogP contribution in [0.25, 0.3) is 11.1 Å². The summed E-state index contributed by atoms with van der Waals surface area (Å²) >= 11 is 0. The molecule has 0 aliphatic rings. The van der Waals surface area contributed by atoms with Crippen LogP contribution in [0.5, 0.6) is 5.75 Å². The molecule has 3 heteroatoms. The van der Waals surface area contributed by atoms with E-state index in [-0.39, 0.29) is 11.0 Å². The monoisotopic (exact) mass is 344 g/mol. The van der Waals surface area contributed by atoms with Crippen molar-refractivity contribution in [3.05, 3.63) is 54.1 Å². The Bertz CT molecular complexity index is 622. The van der Waals surface area contributed by atoms with Crippen LogP contribution in [0.15, 0.2) is 48.5 Å². The van der Waals surface area contributed by atoms with Gasteiger partial charge in [-0.2, -0.15) is 0 Å². The summed E-state index contributed by atoms with van der Waals surface area (Å²) in [4.78, 5) is 8.00. The van der Waals surface area contributed by atoms with E-state index in [2.05, 4.69) is 80.3 Å². The number of hydrogen-bond acceptors (Lipinski definition) is 2. The number of carbonyl (C=O) groups excluding carboxylic acids is 1. The highest BCUT2D eigenvalue weighted by molar-refractivity contribution is 7.16. The van der Waals surface area contributed by atoms with Crippen molar-refractivity contribution in [2.75, 3.05) is 6.16 Å². The standard InChI is InChI=1S/C20H27OP.CH2O/c1-19(2,3)21-18-12-8-16(9-13-18)15-6-10-17(11-7-15)20(4,5)14-22;1-2/h6-13H,14,22H2,1-5H3;1H2. The van der Waals surface area contributed by atoms with Crippen LogP contribution in [0.2, 0.25) is 0 Å². The maximum atomic E-state index is 8.00. The third kappa shape index (κ3) is 5.76. The zero-order valence-corrected chi connectivity index (χ0v) is 16.6. The summed E-state index contributed by atoms with van der Waals surface area (Å²) in [6.45, 7) is 12.7. The molecule has 130 valence electrons. The summed E-state index contributed by atoms with van der Waals surface area (Å²) in [5.74, 6) is 0.914. The lowest BCUT2D eigenvalue weighted by Crippen LogP contribution is -2.22. The Balaban J connectivity index is 0.00000139. The third-order valence-corrected chi connectivity index (χ3v) is 4.81. The lowest BCUT2D eigenvalue weighted by molar-refractivity contribution is -0.0979. The molecule has 0 aliphatic heterocycles. The van der Waals surface area contributed by atoms with Gasteiger partial charge >= 0.3 is 0 Å². The molecule has 0 amide bonds. The fraction of sp³-hybridized carbons (Fsp3) is 0.381. The largest absolute Gasteiger partial charge is 0.488 e. The molecule has 0 N–H and O–H groups in total. The predicted molar refractivity (Wildman–Crippen MR) is 107 cm³/mol. The second-order valence-corrected chi connectivity index (χ2v) is 7.81. The van der Waals surface area contributed by atoms with E-state index < -0.39 is 0 Å². The molecule has 0 heterocycles. The molecule has 24 heavy (non-hydrogen) atoms. The topological polar surface area (TPSA) is 26.3 Å². The zero-order valence-electron chi connectivity index (χ0n) is 15.4. The Kier molecular flexibility index (Phi) is 7.17. The molecular formula is C21H29O2P. The SMILES string of the molecule is C=O.CC(C)(C)Oc1ccc(-c2ccc(C(C)(C)CP)cc2)cc1. The molecule has 2 aromatic carbocycles. The van der Waals surface area contributed by atoms with Gasteiger partial charge in [0.2, 0.25) is 0 Å². The second-order valence-electron chi connectivity index (χ2n) is 7.40. The minimum atomic E-state index is -0.160. The van der Waals surface area contributed by atoms with Crippen molar-refractivity contribution in [1.82, 2.24) is 0 Å². The second kappa shape index (κ2) is 8.44. The molecule has 0 aromatic heterocycles. The van der Waals surface area contributed by atoms with Gasteiger partial charge < -0.3 is 9.53 Å². The summed E-state index contributed by atoms with van der Waals surface area (Å²) in [5.41, 5.74) is 3.88. The van der Waals surface area contributed by atoms with Crippen LogP contribution in [0, 0.1) is 0 Å². The molecule has 2 rings (SSSR count). The number of ether oxygens (including phenoxy) is 1. The molecule has 0 aliphatic carbocycles. The van der Waals surface area contributed by atoms with Crippen LogP contribution in [0.1, 0.15) is 40.2 Å². The van der Waals surface area contributed by atoms with E-state index in [1.807, 2.05) is 18.9 Å². The minimum absolute atomic E-state index is 0.160. The first-order chi connectivity index (χ1) is 11.2. The van der Waals surface area contributed by atoms with Gasteiger partial charge in [0, 0.05) is 0 Å². The van der Waals surface area contributed by atoms with Crippen molar-refractivity contribution in [1.29, 1.82) is 0 Å². The summed E-state index contributed by atoms with van der Waals surface area (Å²) in [5, 5.41) is 0. The molecule has 2 nitrogen and oxygen atoms in total. The first kappa shape index (κ1) is 20.4. The molecule has 2 aromatic rings. The first-order valence-corrected chi connectivity index (χ1v) is 8.92. The molecule has 0 bridgehead atoms. The first-order valence-electron chi connectivity index (χ1n) is 8.10. The van der Waals surface area contributed by atoms with Crippen molar-refractivity contribution in [2.24, 2.45) is 0 Å². The van der Waals surface area contributed by atoms with Crippen LogP contribution in [0.4, 0.5) is 0 Å². The number of rotatable bonds is 4. The van der Waals surface area contributed by atoms with Gasteiger partial charge in [-0.1, -0.05) is 50.2 Å². The average Bonchev–Trinajstić information content (AvgIpc) is 2.56. The third-order valence-electron chi connectivity index (χ3n) is 3.79. The highest BCUT2D eigenvalue weighted by Crippen LogP contribution is 2.29. The number of carbonyl (C=O) groups is 1. The molecular weight excluding hydrogens is 315 g/mol. The minimum Gasteiger partial charge on any atom is -0.488 e. The quantitative estimate of drug-likeness (QED) is 0.685. The molecule has 0 saturated heterocycles. The normalized spacial score (nSPS) is 11.4. The van der Waals surface area contributed by atoms with E-state index in [1.165, 1.54) is 16.7 Å². The van der Waals surface area contributed by atoms with Crippen molar-refractivity contribution in [3.63, 3.8) is 0 Å². The molecule has 0 saturated carbocycles. The summed E-state index contributed by atoms with van der Waals surface area (Å²) < 4.78 is 5.87. The molecule has 0 fully saturated rings. The van der Waals surface area contributed by atoms with E-state index in [0.29, 0.717) is 0 Å². The van der Waals surface area contributed by atoms with Crippen molar-refractivity contribution in [2.45, 2.75) is 45.6 Å². The zero-order chi connectivity index (χ0) is 18.4. The van der Waals surface area contributed by atoms with Crippen molar-refractivity contribution < 1.29 is 9.53 Å². The van der Waals surface area contributed by atoms with Gasteiger partial charge in [-0.3, -0.25) is 0 Å². The molecule has 1 unspecified atom stereocenters. The summed E-state index contributed by atoms with van der Waals surface area (Å²) in [6.07, 6.45) is 1.06. The van der Waals surface area contributed by atoms with E-state index in [4.69, 9.17) is 9.53 Å². The fourth-order valence-corrected chi connectivity index (χ4v) is 2.54. The smallest absolute Gasteiger partial charge is 0.120 e. The van der Waals surface area contributed by atoms with Gasteiger partial charge in [0.25, 0.3) is 0 Å². The van der Waals surface area contributed by atoms with Gasteiger partial charge in [0.05, 0.1) is 0 Å². The van der Waals surface area contributed by atoms with Gasteiger partial charge in [0.1, 0.15) is 18.1 Å². The lowest BCUT2D eigenvalue weighted by Gasteiger charge is -2.23. The lowest BCUT2D eigenvalue weighted by atomic mass is 9.86. The summed E-state index contributed by atoms with van der Waals surface area (Å²) in [6, 6.07) is 17.2. The Morgan fingerprint density at radius 1 is 0.833 bits per heavy atom. The Hall–Kier alpha value is -1.66. The van der Waals surface area contributed by atoms with Crippen LogP contribution in [-0.4, -0.2) is 18.6 Å². The van der Waals surface area contributed by atoms with E-state index in [9.17, 15) is 0 Å². The van der Waals surface area contributed by atoms with E-state index >= 15 is 0 Å². The maximum absolute atomic E-state index is 8.00. The Morgan fingerprint density at radius 2 is 1.25 bits per heavy atom. The van der Waals surface area contributed by atoms with Crippen LogP contribution >= 0.6 is 9.24 Å². The highest BCUT2D eigenvalue weighted by atomic mass is 31.0. The number of benzene rings is 2. The Morgan fingerprint density at radius 3 is 1.62 bits per heavy atom. The average molecular weight is 344 g/mol. The van der Waals surface area contributed by atoms with Crippen molar-refractivity contribution in [3.8, 4) is 16.9 Å². The molecule has 0 spiro atoms. The molecule has 1 atom stereocenters. The van der Waals surface area contributed by atoms with E-state index in [0.717, 1.165) is 11.9 Å². The number of hydrogen-bond donors (Lipinski definition) is 0. The van der Waals surface area contributed by atoms with E-state index in [1.54, 1.807) is 0 Å². The predicted octanol–water partition coefficient (Wildman–Crippen LogP) is 5.50. The maximum Gasteiger partial charge on any atom is 0.120 e. The van der Waals surface area contributed by atoms with Crippen LogP contribution in [-0.2, 0) is 10.2 Å². The summed E-state index contributed by atoms with van der Waals surface area (Å²) in [7, 11) is 2.84. The fourth-order valence-electron chi connectivity index (χ4n) is 2.30. The van der Waals surface area contributed by atoms with Gasteiger partial charge in [0.15, 0.2) is 0 Å².